The molecule has 2 rings (SSSR count). The van der Waals surface area contributed by atoms with Crippen molar-refractivity contribution in [2.75, 3.05) is 18.4 Å². The summed E-state index contributed by atoms with van der Waals surface area (Å²) in [7, 11) is 0. The van der Waals surface area contributed by atoms with Crippen LogP contribution in [0.2, 0.25) is 0 Å². The second kappa shape index (κ2) is 7.71. The molecule has 0 saturated carbocycles. The van der Waals surface area contributed by atoms with Crippen LogP contribution in [-0.4, -0.2) is 24.1 Å². The summed E-state index contributed by atoms with van der Waals surface area (Å²) in [5.41, 5.74) is 1.26. The zero-order chi connectivity index (χ0) is 9.80. The number of pyridine rings is 1. The number of aryl methyl sites for hydroxylation is 1. The van der Waals surface area contributed by atoms with E-state index < -0.39 is 0 Å². The molecule has 1 aromatic heterocycles. The van der Waals surface area contributed by atoms with Gasteiger partial charge in [0.05, 0.1) is 0 Å². The molecule has 0 unspecified atom stereocenters. The minimum absolute atomic E-state index is 0. The van der Waals surface area contributed by atoms with E-state index in [0.717, 1.165) is 18.9 Å². The fourth-order valence-electron chi connectivity index (χ4n) is 1.80. The van der Waals surface area contributed by atoms with Gasteiger partial charge in [-0.25, -0.2) is 4.98 Å². The lowest BCUT2D eigenvalue weighted by Crippen LogP contribution is -2.38. The molecule has 1 aromatic rings. The topological polar surface area (TPSA) is 37.0 Å². The van der Waals surface area contributed by atoms with Crippen LogP contribution >= 0.6 is 24.8 Å². The van der Waals surface area contributed by atoms with Gasteiger partial charge in [-0.05, 0) is 44.0 Å². The van der Waals surface area contributed by atoms with Gasteiger partial charge in [-0.1, -0.05) is 0 Å². The molecule has 0 radical (unpaired) electrons. The Morgan fingerprint density at radius 2 is 2.25 bits per heavy atom. The largest absolute Gasteiger partial charge is 0.366 e. The normalized spacial score (nSPS) is 19.2. The van der Waals surface area contributed by atoms with Gasteiger partial charge in [0.2, 0.25) is 0 Å². The predicted molar refractivity (Wildman–Crippen MR) is 73.0 cm³/mol. The molecule has 1 fully saturated rings. The fourth-order valence-corrected chi connectivity index (χ4v) is 1.80. The van der Waals surface area contributed by atoms with Crippen LogP contribution in [-0.2, 0) is 0 Å². The van der Waals surface area contributed by atoms with Crippen LogP contribution < -0.4 is 10.6 Å². The highest BCUT2D eigenvalue weighted by Gasteiger charge is 2.12. The zero-order valence-corrected chi connectivity index (χ0v) is 11.0. The van der Waals surface area contributed by atoms with Crippen molar-refractivity contribution >= 4 is 30.6 Å². The maximum atomic E-state index is 4.29. The van der Waals surface area contributed by atoms with Crippen molar-refractivity contribution < 1.29 is 0 Å². The molecule has 3 nitrogen and oxygen atoms in total. The average Bonchev–Trinajstić information content (AvgIpc) is 2.19. The Hall–Kier alpha value is -0.510. The Morgan fingerprint density at radius 1 is 1.44 bits per heavy atom. The van der Waals surface area contributed by atoms with E-state index in [1.807, 2.05) is 12.3 Å². The minimum Gasteiger partial charge on any atom is -0.366 e. The third kappa shape index (κ3) is 4.56. The van der Waals surface area contributed by atoms with Crippen LogP contribution in [0.15, 0.2) is 18.3 Å². The number of nitrogens with zero attached hydrogens (tertiary/aromatic N) is 1. The number of halogens is 2. The van der Waals surface area contributed by atoms with Crippen molar-refractivity contribution in [1.82, 2.24) is 10.3 Å². The molecular weight excluding hydrogens is 245 g/mol. The van der Waals surface area contributed by atoms with E-state index in [1.165, 1.54) is 18.4 Å². The van der Waals surface area contributed by atoms with Crippen LogP contribution in [0.25, 0.3) is 0 Å². The Balaban J connectivity index is 0.00000112. The third-order valence-electron chi connectivity index (χ3n) is 2.56. The smallest absolute Gasteiger partial charge is 0.126 e. The van der Waals surface area contributed by atoms with E-state index in [1.54, 1.807) is 0 Å². The molecule has 0 aromatic carbocycles. The van der Waals surface area contributed by atoms with Crippen LogP contribution in [0.5, 0.6) is 0 Å². The van der Waals surface area contributed by atoms with Crippen molar-refractivity contribution in [2.24, 2.45) is 0 Å². The van der Waals surface area contributed by atoms with Gasteiger partial charge in [-0.15, -0.1) is 24.8 Å². The summed E-state index contributed by atoms with van der Waals surface area (Å²) >= 11 is 0. The lowest BCUT2D eigenvalue weighted by atomic mass is 10.1. The maximum Gasteiger partial charge on any atom is 0.126 e. The van der Waals surface area contributed by atoms with Crippen molar-refractivity contribution in [2.45, 2.75) is 25.8 Å². The van der Waals surface area contributed by atoms with E-state index in [4.69, 9.17) is 0 Å². The van der Waals surface area contributed by atoms with Gasteiger partial charge in [0.25, 0.3) is 0 Å². The summed E-state index contributed by atoms with van der Waals surface area (Å²) in [5, 5.41) is 6.83. The summed E-state index contributed by atoms with van der Waals surface area (Å²) in [5.74, 6) is 0.999. The molecule has 0 spiro atoms. The van der Waals surface area contributed by atoms with Crippen molar-refractivity contribution in [3.05, 3.63) is 23.9 Å². The van der Waals surface area contributed by atoms with Gasteiger partial charge in [-0.2, -0.15) is 0 Å². The first kappa shape index (κ1) is 15.5. The molecule has 0 amide bonds. The molecule has 0 bridgehead atoms. The Kier molecular flexibility index (Phi) is 7.47. The maximum absolute atomic E-state index is 4.29. The first-order valence-electron chi connectivity index (χ1n) is 5.24. The van der Waals surface area contributed by atoms with E-state index in [9.17, 15) is 0 Å². The number of hydrogen-bond acceptors (Lipinski definition) is 3. The predicted octanol–water partition coefficient (Wildman–Crippen LogP) is 2.40. The molecule has 1 saturated heterocycles. The second-order valence-electron chi connectivity index (χ2n) is 3.91. The van der Waals surface area contributed by atoms with Crippen LogP contribution in [0.1, 0.15) is 18.4 Å². The minimum atomic E-state index is 0. The van der Waals surface area contributed by atoms with Crippen LogP contribution in [0.4, 0.5) is 5.82 Å². The molecule has 1 aliphatic heterocycles. The third-order valence-corrected chi connectivity index (χ3v) is 2.56. The summed E-state index contributed by atoms with van der Waals surface area (Å²) in [6.45, 7) is 4.29. The van der Waals surface area contributed by atoms with E-state index in [-0.39, 0.29) is 24.8 Å². The Bertz CT molecular complexity index is 301. The Morgan fingerprint density at radius 3 is 2.88 bits per heavy atom. The highest BCUT2D eigenvalue weighted by molar-refractivity contribution is 5.85. The monoisotopic (exact) mass is 263 g/mol. The van der Waals surface area contributed by atoms with Gasteiger partial charge in [0.15, 0.2) is 0 Å². The molecule has 1 atom stereocenters. The van der Waals surface area contributed by atoms with Crippen molar-refractivity contribution in [3.63, 3.8) is 0 Å². The molecule has 16 heavy (non-hydrogen) atoms. The molecule has 0 aliphatic carbocycles. The molecular formula is C11H19Cl2N3. The summed E-state index contributed by atoms with van der Waals surface area (Å²) in [6, 6.07) is 4.65. The first-order valence-corrected chi connectivity index (χ1v) is 5.24. The molecule has 5 heteroatoms. The number of piperidine rings is 1. The molecule has 2 N–H and O–H groups in total. The van der Waals surface area contributed by atoms with E-state index in [0.29, 0.717) is 6.04 Å². The van der Waals surface area contributed by atoms with Gasteiger partial charge >= 0.3 is 0 Å². The van der Waals surface area contributed by atoms with Crippen LogP contribution in [0, 0.1) is 6.92 Å². The number of hydrogen-bond donors (Lipinski definition) is 2. The quantitative estimate of drug-likeness (QED) is 0.861. The zero-order valence-electron chi connectivity index (χ0n) is 9.40. The summed E-state index contributed by atoms with van der Waals surface area (Å²) in [6.07, 6.45) is 4.35. The SMILES string of the molecule is Cc1ccnc(N[C@@H]2CCCNC2)c1.Cl.Cl. The van der Waals surface area contributed by atoms with Gasteiger partial charge in [-0.3, -0.25) is 0 Å². The highest BCUT2D eigenvalue weighted by atomic mass is 35.5. The number of nitrogens with one attached hydrogen (secondary N) is 2. The lowest BCUT2D eigenvalue weighted by molar-refractivity contribution is 0.479. The highest BCUT2D eigenvalue weighted by Crippen LogP contribution is 2.10. The number of anilines is 1. The summed E-state index contributed by atoms with van der Waals surface area (Å²) in [4.78, 5) is 4.29. The number of aromatic nitrogens is 1. The van der Waals surface area contributed by atoms with E-state index >= 15 is 0 Å². The number of rotatable bonds is 2. The van der Waals surface area contributed by atoms with Crippen LogP contribution in [0.3, 0.4) is 0 Å². The lowest BCUT2D eigenvalue weighted by Gasteiger charge is -2.24. The van der Waals surface area contributed by atoms with Gasteiger partial charge in [0, 0.05) is 18.8 Å². The van der Waals surface area contributed by atoms with Gasteiger partial charge < -0.3 is 10.6 Å². The fraction of sp³-hybridized carbons (Fsp3) is 0.545. The second-order valence-corrected chi connectivity index (χ2v) is 3.91. The first-order chi connectivity index (χ1) is 6.84. The molecule has 92 valence electrons. The van der Waals surface area contributed by atoms with Gasteiger partial charge in [0.1, 0.15) is 5.82 Å². The van der Waals surface area contributed by atoms with Crippen molar-refractivity contribution in [1.29, 1.82) is 0 Å². The molecule has 1 aliphatic rings. The average molecular weight is 264 g/mol. The molecule has 2 heterocycles. The standard InChI is InChI=1S/C11H17N3.2ClH/c1-9-4-6-13-11(7-9)14-10-3-2-5-12-8-10;;/h4,6-7,10,12H,2-3,5,8H2,1H3,(H,13,14);2*1H/t10-;;/m1../s1. The Labute approximate surface area is 109 Å². The van der Waals surface area contributed by atoms with E-state index in [2.05, 4.69) is 28.6 Å². The summed E-state index contributed by atoms with van der Waals surface area (Å²) < 4.78 is 0. The van der Waals surface area contributed by atoms with Crippen molar-refractivity contribution in [3.8, 4) is 0 Å².